The lowest BCUT2D eigenvalue weighted by atomic mass is 9.97. The first-order valence-corrected chi connectivity index (χ1v) is 12.7. The van der Waals surface area contributed by atoms with Crippen molar-refractivity contribution in [3.05, 3.63) is 89.5 Å². The second kappa shape index (κ2) is 12.0. The van der Waals surface area contributed by atoms with Crippen LogP contribution in [0.5, 0.6) is 0 Å². The molecule has 200 valence electrons. The van der Waals surface area contributed by atoms with Crippen LogP contribution >= 0.6 is 0 Å². The van der Waals surface area contributed by atoms with Gasteiger partial charge in [-0.15, -0.1) is 0 Å². The van der Waals surface area contributed by atoms with Crippen molar-refractivity contribution >= 4 is 29.0 Å². The van der Waals surface area contributed by atoms with Crippen LogP contribution in [-0.2, 0) is 12.6 Å². The largest absolute Gasteiger partial charge is 0.418 e. The summed E-state index contributed by atoms with van der Waals surface area (Å²) >= 11 is 0. The zero-order valence-electron chi connectivity index (χ0n) is 21.1. The van der Waals surface area contributed by atoms with Crippen LogP contribution in [0.15, 0.2) is 72.8 Å². The summed E-state index contributed by atoms with van der Waals surface area (Å²) in [5, 5.41) is 7.80. The van der Waals surface area contributed by atoms with Crippen LogP contribution in [0.2, 0.25) is 0 Å². The van der Waals surface area contributed by atoms with E-state index in [0.717, 1.165) is 43.2 Å². The summed E-state index contributed by atoms with van der Waals surface area (Å²) in [7, 11) is 0. The molecule has 0 aliphatic carbocycles. The highest BCUT2D eigenvalue weighted by molar-refractivity contribution is 6.04. The molecule has 0 radical (unpaired) electrons. The van der Waals surface area contributed by atoms with E-state index in [2.05, 4.69) is 27.8 Å². The van der Waals surface area contributed by atoms with Crippen LogP contribution in [0.1, 0.15) is 41.3 Å². The van der Waals surface area contributed by atoms with Crippen LogP contribution < -0.4 is 20.9 Å². The maximum Gasteiger partial charge on any atom is 0.418 e. The highest BCUT2D eigenvalue weighted by Crippen LogP contribution is 2.35. The maximum absolute atomic E-state index is 13.3. The van der Waals surface area contributed by atoms with Crippen molar-refractivity contribution in [1.82, 2.24) is 5.32 Å². The Morgan fingerprint density at radius 2 is 1.61 bits per heavy atom. The fourth-order valence-electron chi connectivity index (χ4n) is 4.51. The number of hydrogen-bond acceptors (Lipinski definition) is 3. The summed E-state index contributed by atoms with van der Waals surface area (Å²) in [5.74, 6) is 0.333. The Hall–Kier alpha value is -4.01. The number of halogens is 3. The minimum atomic E-state index is -4.61. The zero-order valence-corrected chi connectivity index (χ0v) is 21.1. The van der Waals surface area contributed by atoms with Gasteiger partial charge in [-0.3, -0.25) is 4.79 Å². The lowest BCUT2D eigenvalue weighted by Crippen LogP contribution is -2.35. The molecule has 1 fully saturated rings. The van der Waals surface area contributed by atoms with E-state index < -0.39 is 17.8 Å². The first kappa shape index (κ1) is 27.0. The SMILES string of the molecule is CC1CCN(c2ccc(NC(=O)Nc3ccccc3C(F)(F)F)cc2C(=O)NCCc2ccccc2)CC1. The second-order valence-corrected chi connectivity index (χ2v) is 9.52. The molecule has 1 heterocycles. The van der Waals surface area contributed by atoms with Gasteiger partial charge in [-0.1, -0.05) is 49.4 Å². The van der Waals surface area contributed by atoms with E-state index in [0.29, 0.717) is 30.1 Å². The van der Waals surface area contributed by atoms with E-state index in [-0.39, 0.29) is 11.6 Å². The summed E-state index contributed by atoms with van der Waals surface area (Å²) in [6, 6.07) is 18.7. The number of hydrogen-bond donors (Lipinski definition) is 3. The second-order valence-electron chi connectivity index (χ2n) is 9.52. The Bertz CT molecular complexity index is 1260. The average Bonchev–Trinajstić information content (AvgIpc) is 2.89. The van der Waals surface area contributed by atoms with Gasteiger partial charge in [0.1, 0.15) is 0 Å². The molecule has 9 heteroatoms. The fraction of sp³-hybridized carbons (Fsp3) is 0.310. The van der Waals surface area contributed by atoms with Crippen LogP contribution in [0, 0.1) is 5.92 Å². The Balaban J connectivity index is 1.51. The molecule has 4 rings (SSSR count). The highest BCUT2D eigenvalue weighted by atomic mass is 19.4. The molecule has 3 aromatic rings. The predicted octanol–water partition coefficient (Wildman–Crippen LogP) is 6.56. The third kappa shape index (κ3) is 7.06. The van der Waals surface area contributed by atoms with Gasteiger partial charge in [-0.05, 0) is 61.1 Å². The molecule has 0 aromatic heterocycles. The summed E-state index contributed by atoms with van der Waals surface area (Å²) in [4.78, 5) is 28.0. The van der Waals surface area contributed by atoms with E-state index >= 15 is 0 Å². The van der Waals surface area contributed by atoms with Gasteiger partial charge in [0.15, 0.2) is 0 Å². The minimum Gasteiger partial charge on any atom is -0.371 e. The van der Waals surface area contributed by atoms with E-state index in [1.165, 1.54) is 18.2 Å². The molecule has 1 aliphatic heterocycles. The topological polar surface area (TPSA) is 73.5 Å². The van der Waals surface area contributed by atoms with Crippen molar-refractivity contribution in [2.24, 2.45) is 5.92 Å². The number of rotatable bonds is 7. The number of amides is 3. The number of carbonyl (C=O) groups excluding carboxylic acids is 2. The number of alkyl halides is 3. The first-order valence-electron chi connectivity index (χ1n) is 12.7. The lowest BCUT2D eigenvalue weighted by molar-refractivity contribution is -0.136. The molecule has 0 unspecified atom stereocenters. The van der Waals surface area contributed by atoms with Gasteiger partial charge >= 0.3 is 12.2 Å². The number of benzene rings is 3. The third-order valence-electron chi connectivity index (χ3n) is 6.65. The molecule has 38 heavy (non-hydrogen) atoms. The molecule has 1 saturated heterocycles. The van der Waals surface area contributed by atoms with Crippen LogP contribution in [-0.4, -0.2) is 31.6 Å². The van der Waals surface area contributed by atoms with Gasteiger partial charge in [0.2, 0.25) is 0 Å². The van der Waals surface area contributed by atoms with Gasteiger partial charge in [0.05, 0.1) is 16.8 Å². The normalized spacial score (nSPS) is 14.2. The maximum atomic E-state index is 13.3. The molecule has 3 aromatic carbocycles. The highest BCUT2D eigenvalue weighted by Gasteiger charge is 2.33. The molecule has 6 nitrogen and oxygen atoms in total. The molecule has 0 saturated carbocycles. The van der Waals surface area contributed by atoms with Crippen LogP contribution in [0.3, 0.4) is 0 Å². The number of anilines is 3. The lowest BCUT2D eigenvalue weighted by Gasteiger charge is -2.33. The third-order valence-corrected chi connectivity index (χ3v) is 6.65. The van der Waals surface area contributed by atoms with Gasteiger partial charge in [-0.2, -0.15) is 13.2 Å². The van der Waals surface area contributed by atoms with E-state index in [1.807, 2.05) is 30.3 Å². The van der Waals surface area contributed by atoms with Crippen LogP contribution in [0.25, 0.3) is 0 Å². The van der Waals surface area contributed by atoms with Crippen molar-refractivity contribution in [2.75, 3.05) is 35.2 Å². The van der Waals surface area contributed by atoms with Crippen LogP contribution in [0.4, 0.5) is 35.0 Å². The van der Waals surface area contributed by atoms with Gasteiger partial charge in [0.25, 0.3) is 5.91 Å². The average molecular weight is 525 g/mol. The van der Waals surface area contributed by atoms with Crippen molar-refractivity contribution < 1.29 is 22.8 Å². The fourth-order valence-corrected chi connectivity index (χ4v) is 4.51. The van der Waals surface area contributed by atoms with Gasteiger partial charge in [0, 0.05) is 31.0 Å². The summed E-state index contributed by atoms with van der Waals surface area (Å²) in [6.45, 7) is 4.27. The number of urea groups is 1. The van der Waals surface area contributed by atoms with Gasteiger partial charge < -0.3 is 20.9 Å². The number of carbonyl (C=O) groups is 2. The Labute approximate surface area is 220 Å². The van der Waals surface area contributed by atoms with Crippen molar-refractivity contribution in [3.8, 4) is 0 Å². The standard InChI is InChI=1S/C29H31F3N4O2/c1-20-14-17-36(18-15-20)26-12-11-22(19-23(26)27(37)33-16-13-21-7-3-2-4-8-21)34-28(38)35-25-10-6-5-9-24(25)29(30,31)32/h2-12,19-20H,13-18H2,1H3,(H,33,37)(H2,34,35,38). The number of nitrogens with zero attached hydrogens (tertiary/aromatic N) is 1. The summed E-state index contributed by atoms with van der Waals surface area (Å²) < 4.78 is 39.9. The number of piperidine rings is 1. The molecular weight excluding hydrogens is 493 g/mol. The monoisotopic (exact) mass is 524 g/mol. The van der Waals surface area contributed by atoms with Crippen molar-refractivity contribution in [1.29, 1.82) is 0 Å². The number of para-hydroxylation sites is 1. The Morgan fingerprint density at radius 3 is 2.32 bits per heavy atom. The molecule has 0 atom stereocenters. The summed E-state index contributed by atoms with van der Waals surface area (Å²) in [5.41, 5.74) is 1.28. The molecule has 1 aliphatic rings. The minimum absolute atomic E-state index is 0.277. The van der Waals surface area contributed by atoms with Crippen molar-refractivity contribution in [3.63, 3.8) is 0 Å². The summed E-state index contributed by atoms with van der Waals surface area (Å²) in [6.07, 6.45) is -1.92. The predicted molar refractivity (Wildman–Crippen MR) is 144 cm³/mol. The Morgan fingerprint density at radius 1 is 0.921 bits per heavy atom. The quantitative estimate of drug-likeness (QED) is 0.328. The van der Waals surface area contributed by atoms with Gasteiger partial charge in [-0.25, -0.2) is 4.79 Å². The van der Waals surface area contributed by atoms with E-state index in [1.54, 1.807) is 18.2 Å². The zero-order chi connectivity index (χ0) is 27.1. The molecule has 3 amide bonds. The molecule has 0 bridgehead atoms. The smallest absolute Gasteiger partial charge is 0.371 e. The number of nitrogens with one attached hydrogen (secondary N) is 3. The molecule has 3 N–H and O–H groups in total. The van der Waals surface area contributed by atoms with Crippen molar-refractivity contribution in [2.45, 2.75) is 32.4 Å². The molecular formula is C29H31F3N4O2. The Kier molecular flexibility index (Phi) is 8.55. The van der Waals surface area contributed by atoms with E-state index in [4.69, 9.17) is 0 Å². The molecule has 0 spiro atoms. The van der Waals surface area contributed by atoms with E-state index in [9.17, 15) is 22.8 Å². The first-order chi connectivity index (χ1) is 18.2.